The lowest BCUT2D eigenvalue weighted by Gasteiger charge is -2.03. The van der Waals surface area contributed by atoms with Gasteiger partial charge in [0.05, 0.1) is 0 Å². The van der Waals surface area contributed by atoms with Crippen molar-refractivity contribution in [2.24, 2.45) is 0 Å². The topological polar surface area (TPSA) is 29.5 Å². The van der Waals surface area contributed by atoms with E-state index in [1.807, 2.05) is 0 Å². The molecule has 0 rings (SSSR count). The Hall–Kier alpha value is -1.11. The van der Waals surface area contributed by atoms with Crippen molar-refractivity contribution in [1.82, 2.24) is 0 Å². The fraction of sp³-hybridized carbons (Fsp3) is 0.200. The van der Waals surface area contributed by atoms with Crippen LogP contribution in [0.3, 0.4) is 0 Å². The Labute approximate surface area is 63.6 Å². The van der Waals surface area contributed by atoms with Crippen LogP contribution < -0.4 is 0 Å². The lowest BCUT2D eigenvalue weighted by atomic mass is 10.5. The summed E-state index contributed by atoms with van der Waals surface area (Å²) in [5.41, 5.74) is 0. The molecule has 0 heterocycles. The van der Waals surface area contributed by atoms with E-state index in [-0.39, 0.29) is 12.5 Å². The number of rotatable bonds is 3. The largest absolute Gasteiger partial charge is 0.464 e. The summed E-state index contributed by atoms with van der Waals surface area (Å²) >= 11 is 0. The van der Waals surface area contributed by atoms with Gasteiger partial charge in [-0.25, -0.2) is 0 Å². The summed E-state index contributed by atoms with van der Waals surface area (Å²) in [5, 5.41) is 7.59. The first-order valence-electron chi connectivity index (χ1n) is 2.47. The molecule has 0 spiro atoms. The number of aliphatic hydroxyl groups is 1. The molecule has 2 nitrogen and oxygen atoms in total. The molecule has 0 unspecified atom stereocenters. The van der Waals surface area contributed by atoms with Crippen LogP contribution in [0.2, 0.25) is 0 Å². The molecule has 12 heavy (non-hydrogen) atoms. The molecule has 0 aromatic heterocycles. The fourth-order valence-corrected chi connectivity index (χ4v) is 0.216. The van der Waals surface area contributed by atoms with Crippen molar-refractivity contribution in [2.45, 2.75) is 6.11 Å². The van der Waals surface area contributed by atoms with Crippen LogP contribution in [0.25, 0.3) is 0 Å². The number of hydrogen-bond donors (Lipinski definition) is 1. The monoisotopic (exact) mass is 190 g/mol. The average molecular weight is 190 g/mol. The smallest absolute Gasteiger partial charge is 0.410 e. The molecule has 0 aliphatic rings. The van der Waals surface area contributed by atoms with Gasteiger partial charge in [-0.3, -0.25) is 0 Å². The lowest BCUT2D eigenvalue weighted by Crippen LogP contribution is -2.14. The van der Waals surface area contributed by atoms with Crippen LogP contribution >= 0.6 is 0 Å². The molecule has 0 amide bonds. The number of hydrogen-bond acceptors (Lipinski definition) is 2. The van der Waals surface area contributed by atoms with Crippen molar-refractivity contribution in [1.29, 1.82) is 0 Å². The third-order valence-corrected chi connectivity index (χ3v) is 0.616. The van der Waals surface area contributed by atoms with Crippen molar-refractivity contribution in [3.8, 4) is 0 Å². The van der Waals surface area contributed by atoms with Gasteiger partial charge in [0, 0.05) is 0 Å². The van der Waals surface area contributed by atoms with E-state index in [0.717, 1.165) is 0 Å². The van der Waals surface area contributed by atoms with Crippen LogP contribution in [0.5, 0.6) is 0 Å². The summed E-state index contributed by atoms with van der Waals surface area (Å²) in [5.74, 6) is -2.36. The van der Waals surface area contributed by atoms with Crippen molar-refractivity contribution in [3.63, 3.8) is 0 Å². The third-order valence-electron chi connectivity index (χ3n) is 0.616. The maximum Gasteiger partial charge on any atom is 0.410 e. The highest BCUT2D eigenvalue weighted by atomic mass is 19.3. The second kappa shape index (κ2) is 4.05. The van der Waals surface area contributed by atoms with Crippen molar-refractivity contribution < 1.29 is 31.8 Å². The zero-order valence-corrected chi connectivity index (χ0v) is 5.40. The average Bonchev–Trinajstić information content (AvgIpc) is 1.84. The van der Waals surface area contributed by atoms with Crippen LogP contribution in [0.1, 0.15) is 0 Å². The lowest BCUT2D eigenvalue weighted by molar-refractivity contribution is -0.180. The van der Waals surface area contributed by atoms with E-state index >= 15 is 0 Å². The molecule has 7 heteroatoms. The third kappa shape index (κ3) is 4.67. The second-order valence-corrected chi connectivity index (χ2v) is 1.55. The minimum atomic E-state index is -4.71. The van der Waals surface area contributed by atoms with Crippen LogP contribution in [-0.4, -0.2) is 11.2 Å². The second-order valence-electron chi connectivity index (χ2n) is 1.55. The molecule has 0 bridgehead atoms. The van der Waals surface area contributed by atoms with Gasteiger partial charge in [0.25, 0.3) is 0 Å². The van der Waals surface area contributed by atoms with Gasteiger partial charge in [-0.15, -0.1) is 0 Å². The highest BCUT2D eigenvalue weighted by Crippen LogP contribution is 2.21. The predicted molar refractivity (Wildman–Crippen MR) is 27.7 cm³/mol. The maximum absolute atomic E-state index is 11.8. The first-order valence-corrected chi connectivity index (χ1v) is 2.47. The first kappa shape index (κ1) is 10.9. The summed E-state index contributed by atoms with van der Waals surface area (Å²) in [6.45, 7) is 0. The number of ether oxygens (including phenoxy) is 1. The Kier molecular flexibility index (Phi) is 3.68. The highest BCUT2D eigenvalue weighted by Gasteiger charge is 2.32. The van der Waals surface area contributed by atoms with Gasteiger partial charge in [-0.2, -0.15) is 22.0 Å². The molecular weight excluding hydrogens is 187 g/mol. The molecule has 0 aliphatic carbocycles. The van der Waals surface area contributed by atoms with Crippen LogP contribution in [0.15, 0.2) is 24.4 Å². The molecule has 0 radical (unpaired) electrons. The van der Waals surface area contributed by atoms with Crippen LogP contribution in [0.4, 0.5) is 22.0 Å². The van der Waals surface area contributed by atoms with Crippen molar-refractivity contribution >= 4 is 0 Å². The minimum Gasteiger partial charge on any atom is -0.464 e. The number of halogens is 5. The van der Waals surface area contributed by atoms with Crippen LogP contribution in [-0.2, 0) is 4.74 Å². The van der Waals surface area contributed by atoms with E-state index in [9.17, 15) is 22.0 Å². The molecule has 1 N–H and O–H groups in total. The van der Waals surface area contributed by atoms with Crippen molar-refractivity contribution in [2.75, 3.05) is 0 Å². The van der Waals surface area contributed by atoms with E-state index in [2.05, 4.69) is 4.74 Å². The zero-order valence-electron chi connectivity index (χ0n) is 5.40. The van der Waals surface area contributed by atoms with Gasteiger partial charge >= 0.3 is 12.2 Å². The Bertz CT molecular complexity index is 200. The SMILES string of the molecule is OC(F)(F)C(F)=COC=C(F)F. The van der Waals surface area contributed by atoms with Gasteiger partial charge in [0.1, 0.15) is 6.26 Å². The summed E-state index contributed by atoms with van der Waals surface area (Å²) in [6.07, 6.45) is -7.62. The van der Waals surface area contributed by atoms with Gasteiger partial charge < -0.3 is 9.84 Å². The Morgan fingerprint density at radius 1 is 1.17 bits per heavy atom. The fourth-order valence-electron chi connectivity index (χ4n) is 0.216. The Morgan fingerprint density at radius 2 is 1.67 bits per heavy atom. The van der Waals surface area contributed by atoms with Gasteiger partial charge in [-0.05, 0) is 0 Å². The molecule has 0 fully saturated rings. The molecule has 0 atom stereocenters. The molecule has 0 aliphatic heterocycles. The molecule has 70 valence electrons. The van der Waals surface area contributed by atoms with E-state index in [1.165, 1.54) is 0 Å². The van der Waals surface area contributed by atoms with E-state index < -0.39 is 18.0 Å². The van der Waals surface area contributed by atoms with Gasteiger partial charge in [0.15, 0.2) is 6.26 Å². The maximum atomic E-state index is 11.8. The standard InChI is InChI=1S/C5H3F5O2/c6-3(5(9,10)11)1-12-2-4(7)8/h1-2,11H. The van der Waals surface area contributed by atoms with Gasteiger partial charge in [-0.1, -0.05) is 0 Å². The summed E-state index contributed by atoms with van der Waals surface area (Å²) in [6, 6.07) is 0. The van der Waals surface area contributed by atoms with E-state index in [0.29, 0.717) is 0 Å². The molecule has 0 saturated carbocycles. The van der Waals surface area contributed by atoms with Gasteiger partial charge in [0.2, 0.25) is 5.83 Å². The predicted octanol–water partition coefficient (Wildman–Crippen LogP) is 2.14. The summed E-state index contributed by atoms with van der Waals surface area (Å²) in [7, 11) is 0. The number of alkyl halides is 2. The molecular formula is C5H3F5O2. The zero-order chi connectivity index (χ0) is 9.78. The van der Waals surface area contributed by atoms with E-state index in [4.69, 9.17) is 5.11 Å². The summed E-state index contributed by atoms with van der Waals surface area (Å²) < 4.78 is 60.5. The highest BCUT2D eigenvalue weighted by molar-refractivity contribution is 4.94. The normalized spacial score (nSPS) is 12.7. The molecule has 0 aromatic carbocycles. The first-order chi connectivity index (χ1) is 5.34. The molecule has 0 aromatic rings. The van der Waals surface area contributed by atoms with E-state index in [1.54, 1.807) is 0 Å². The van der Waals surface area contributed by atoms with Crippen molar-refractivity contribution in [3.05, 3.63) is 24.4 Å². The molecule has 0 saturated heterocycles. The Morgan fingerprint density at radius 3 is 2.00 bits per heavy atom. The van der Waals surface area contributed by atoms with Crippen LogP contribution in [0, 0.1) is 0 Å². The minimum absolute atomic E-state index is 0.259. The quantitative estimate of drug-likeness (QED) is 0.545. The Balaban J connectivity index is 4.12. The summed E-state index contributed by atoms with van der Waals surface area (Å²) in [4.78, 5) is 0.